The maximum Gasteiger partial charge on any atom is 0.259 e. The highest BCUT2D eigenvalue weighted by molar-refractivity contribution is 6.02. The standard InChI is InChI=1S/C29H29FN4O4/c1-17(2)31-7-8-32-25-22(30)15-20-26-28(25)38-24-14-19-6-4-3-5-18(19)13-23(24)34(26)16-21(27(20)35)29(36)33-9-11-37-12-10-33/h3-6,13-17,31-32H,7-12H2,1-2H3. The second-order valence-corrected chi connectivity index (χ2v) is 9.91. The number of ether oxygens (including phenoxy) is 2. The van der Waals surface area contributed by atoms with Crippen LogP contribution in [-0.4, -0.2) is 60.8 Å². The zero-order valence-electron chi connectivity index (χ0n) is 21.3. The van der Waals surface area contributed by atoms with Gasteiger partial charge in [0.25, 0.3) is 5.91 Å². The minimum Gasteiger partial charge on any atom is -0.451 e. The molecule has 0 radical (unpaired) electrons. The maximum atomic E-state index is 15.6. The molecule has 2 aliphatic heterocycles. The largest absolute Gasteiger partial charge is 0.451 e. The molecule has 1 fully saturated rings. The SMILES string of the molecule is CC(C)NCCNc1c(F)cc2c(=O)c(C(=O)N3CCOCC3)cn3c2c1Oc1cc2ccccc2cc1-3. The van der Waals surface area contributed by atoms with Gasteiger partial charge in [-0.25, -0.2) is 4.39 Å². The number of anilines is 1. The molecule has 2 aliphatic rings. The molecule has 0 spiro atoms. The van der Waals surface area contributed by atoms with Gasteiger partial charge in [-0.2, -0.15) is 0 Å². The number of hydrogen-bond donors (Lipinski definition) is 2. The molecule has 1 amide bonds. The average molecular weight is 517 g/mol. The molecule has 4 aromatic rings. The number of aromatic nitrogens is 1. The van der Waals surface area contributed by atoms with Crippen LogP contribution in [0.4, 0.5) is 10.1 Å². The third kappa shape index (κ3) is 4.17. The summed E-state index contributed by atoms with van der Waals surface area (Å²) in [5.74, 6) is -0.253. The van der Waals surface area contributed by atoms with E-state index in [-0.39, 0.29) is 28.3 Å². The number of hydrogen-bond acceptors (Lipinski definition) is 6. The highest BCUT2D eigenvalue weighted by Crippen LogP contribution is 2.46. The van der Waals surface area contributed by atoms with Crippen molar-refractivity contribution in [3.8, 4) is 17.2 Å². The van der Waals surface area contributed by atoms with E-state index in [0.717, 1.165) is 10.8 Å². The summed E-state index contributed by atoms with van der Waals surface area (Å²) >= 11 is 0. The lowest BCUT2D eigenvalue weighted by atomic mass is 10.0. The fourth-order valence-electron chi connectivity index (χ4n) is 5.10. The lowest BCUT2D eigenvalue weighted by Crippen LogP contribution is -2.42. The monoisotopic (exact) mass is 516 g/mol. The van der Waals surface area contributed by atoms with Crippen molar-refractivity contribution >= 4 is 33.3 Å². The van der Waals surface area contributed by atoms with Crippen LogP contribution in [0, 0.1) is 5.82 Å². The van der Waals surface area contributed by atoms with Gasteiger partial charge >= 0.3 is 0 Å². The summed E-state index contributed by atoms with van der Waals surface area (Å²) in [6, 6.07) is 13.2. The van der Waals surface area contributed by atoms with Gasteiger partial charge in [0.1, 0.15) is 16.8 Å². The number of carbonyl (C=O) groups is 1. The molecule has 8 nitrogen and oxygen atoms in total. The first kappa shape index (κ1) is 24.4. The molecular weight excluding hydrogens is 487 g/mol. The van der Waals surface area contributed by atoms with Crippen LogP contribution in [0.1, 0.15) is 24.2 Å². The lowest BCUT2D eigenvalue weighted by molar-refractivity contribution is 0.0302. The van der Waals surface area contributed by atoms with Crippen molar-refractivity contribution in [1.82, 2.24) is 14.8 Å². The Kier molecular flexibility index (Phi) is 6.25. The van der Waals surface area contributed by atoms with Crippen LogP contribution in [0.2, 0.25) is 0 Å². The number of carbonyl (C=O) groups excluding carboxylic acids is 1. The minimum atomic E-state index is -0.610. The molecule has 1 aromatic heterocycles. The molecule has 196 valence electrons. The lowest BCUT2D eigenvalue weighted by Gasteiger charge is -2.29. The van der Waals surface area contributed by atoms with E-state index in [1.165, 1.54) is 6.07 Å². The Balaban J connectivity index is 1.56. The topological polar surface area (TPSA) is 84.8 Å². The molecule has 1 saturated heterocycles. The third-order valence-electron chi connectivity index (χ3n) is 7.00. The highest BCUT2D eigenvalue weighted by Gasteiger charge is 2.30. The number of fused-ring (bicyclic) bond motifs is 3. The van der Waals surface area contributed by atoms with Gasteiger partial charge in [0.05, 0.1) is 24.3 Å². The molecule has 38 heavy (non-hydrogen) atoms. The third-order valence-corrected chi connectivity index (χ3v) is 7.00. The predicted molar refractivity (Wildman–Crippen MR) is 145 cm³/mol. The van der Waals surface area contributed by atoms with Gasteiger partial charge in [-0.3, -0.25) is 9.59 Å². The Morgan fingerprint density at radius 3 is 2.55 bits per heavy atom. The van der Waals surface area contributed by atoms with E-state index in [9.17, 15) is 9.59 Å². The van der Waals surface area contributed by atoms with Gasteiger partial charge in [-0.1, -0.05) is 38.1 Å². The van der Waals surface area contributed by atoms with E-state index >= 15 is 4.39 Å². The smallest absolute Gasteiger partial charge is 0.259 e. The fourth-order valence-corrected chi connectivity index (χ4v) is 5.10. The number of halogens is 1. The number of amides is 1. The van der Waals surface area contributed by atoms with Crippen LogP contribution in [-0.2, 0) is 4.74 Å². The van der Waals surface area contributed by atoms with Crippen LogP contribution in [0.5, 0.6) is 11.5 Å². The van der Waals surface area contributed by atoms with E-state index in [2.05, 4.69) is 10.6 Å². The predicted octanol–water partition coefficient (Wildman–Crippen LogP) is 4.27. The molecule has 0 saturated carbocycles. The number of morpholine rings is 1. The molecule has 2 N–H and O–H groups in total. The Bertz CT molecular complexity index is 1630. The fraction of sp³-hybridized carbons (Fsp3) is 0.310. The van der Waals surface area contributed by atoms with Crippen LogP contribution in [0.15, 0.2) is 53.5 Å². The van der Waals surface area contributed by atoms with Crippen molar-refractivity contribution in [2.24, 2.45) is 0 Å². The summed E-state index contributed by atoms with van der Waals surface area (Å²) in [5, 5.41) is 8.49. The maximum absolute atomic E-state index is 15.6. The summed E-state index contributed by atoms with van der Waals surface area (Å²) in [6.07, 6.45) is 1.57. The molecule has 0 unspecified atom stereocenters. The molecule has 0 atom stereocenters. The minimum absolute atomic E-state index is 0.00685. The molecule has 6 rings (SSSR count). The van der Waals surface area contributed by atoms with Gasteiger partial charge in [-0.05, 0) is 29.0 Å². The molecule has 3 aromatic carbocycles. The number of pyridine rings is 1. The first-order chi connectivity index (χ1) is 18.4. The summed E-state index contributed by atoms with van der Waals surface area (Å²) in [6.45, 7) is 6.78. The summed E-state index contributed by atoms with van der Waals surface area (Å²) in [5.41, 5.74) is 0.761. The van der Waals surface area contributed by atoms with Crippen molar-refractivity contribution < 1.29 is 18.7 Å². The van der Waals surface area contributed by atoms with Crippen LogP contribution in [0.25, 0.3) is 27.4 Å². The zero-order valence-corrected chi connectivity index (χ0v) is 21.3. The number of nitrogens with one attached hydrogen (secondary N) is 2. The quantitative estimate of drug-likeness (QED) is 0.328. The normalized spacial score (nSPS) is 14.6. The first-order valence-electron chi connectivity index (χ1n) is 12.9. The second-order valence-electron chi connectivity index (χ2n) is 9.91. The van der Waals surface area contributed by atoms with Crippen LogP contribution in [0.3, 0.4) is 0 Å². The van der Waals surface area contributed by atoms with Gasteiger partial charge < -0.3 is 29.6 Å². The van der Waals surface area contributed by atoms with Crippen molar-refractivity contribution in [2.75, 3.05) is 44.7 Å². The first-order valence-corrected chi connectivity index (χ1v) is 12.9. The number of rotatable bonds is 6. The van der Waals surface area contributed by atoms with E-state index in [0.29, 0.717) is 62.4 Å². The summed E-state index contributed by atoms with van der Waals surface area (Å²) < 4.78 is 29.1. The summed E-state index contributed by atoms with van der Waals surface area (Å²) in [7, 11) is 0. The molecule has 3 heterocycles. The van der Waals surface area contributed by atoms with Gasteiger partial charge in [0.2, 0.25) is 5.43 Å². The Labute approximate surface area is 218 Å². The van der Waals surface area contributed by atoms with Crippen molar-refractivity contribution in [3.63, 3.8) is 0 Å². The van der Waals surface area contributed by atoms with Crippen molar-refractivity contribution in [1.29, 1.82) is 0 Å². The summed E-state index contributed by atoms with van der Waals surface area (Å²) in [4.78, 5) is 28.7. The van der Waals surface area contributed by atoms with E-state index in [1.54, 1.807) is 15.7 Å². The van der Waals surface area contributed by atoms with E-state index < -0.39 is 11.2 Å². The molecule has 0 aliphatic carbocycles. The Hall–Kier alpha value is -3.95. The molecular formula is C29H29FN4O4. The Morgan fingerprint density at radius 2 is 1.82 bits per heavy atom. The number of nitrogens with zero attached hydrogens (tertiary/aromatic N) is 2. The zero-order chi connectivity index (χ0) is 26.4. The van der Waals surface area contributed by atoms with Crippen LogP contribution >= 0.6 is 0 Å². The highest BCUT2D eigenvalue weighted by atomic mass is 19.1. The van der Waals surface area contributed by atoms with Gasteiger partial charge in [0, 0.05) is 38.4 Å². The Morgan fingerprint density at radius 1 is 1.08 bits per heavy atom. The van der Waals surface area contributed by atoms with Gasteiger partial charge in [0.15, 0.2) is 17.3 Å². The second kappa shape index (κ2) is 9.74. The van der Waals surface area contributed by atoms with Crippen molar-refractivity contribution in [3.05, 3.63) is 70.3 Å². The van der Waals surface area contributed by atoms with E-state index in [1.807, 2.05) is 50.2 Å². The van der Waals surface area contributed by atoms with E-state index in [4.69, 9.17) is 9.47 Å². The van der Waals surface area contributed by atoms with Crippen molar-refractivity contribution in [2.45, 2.75) is 19.9 Å². The average Bonchev–Trinajstić information content (AvgIpc) is 2.92. The molecule has 0 bridgehead atoms. The molecule has 9 heteroatoms. The van der Waals surface area contributed by atoms with Gasteiger partial charge in [-0.15, -0.1) is 0 Å². The van der Waals surface area contributed by atoms with Crippen LogP contribution < -0.4 is 20.8 Å². The number of benzene rings is 3.